The zero-order chi connectivity index (χ0) is 15.5. The lowest BCUT2D eigenvalue weighted by molar-refractivity contribution is 0.403. The van der Waals surface area contributed by atoms with Crippen molar-refractivity contribution >= 4 is 21.4 Å². The van der Waals surface area contributed by atoms with Crippen LogP contribution in [0.25, 0.3) is 0 Å². The van der Waals surface area contributed by atoms with E-state index in [9.17, 15) is 8.42 Å². The Labute approximate surface area is 124 Å². The molecule has 0 bridgehead atoms. The van der Waals surface area contributed by atoms with Gasteiger partial charge in [0, 0.05) is 30.7 Å². The summed E-state index contributed by atoms with van der Waals surface area (Å²) in [6.07, 6.45) is 3.10. The average molecular weight is 307 g/mol. The quantitative estimate of drug-likeness (QED) is 0.853. The maximum atomic E-state index is 12.8. The van der Waals surface area contributed by atoms with Gasteiger partial charge in [-0.2, -0.15) is 0 Å². The second kappa shape index (κ2) is 6.01. The van der Waals surface area contributed by atoms with Gasteiger partial charge < -0.3 is 10.5 Å². The largest absolute Gasteiger partial charge is 0.495 e. The average Bonchev–Trinajstić information content (AvgIpc) is 2.48. The van der Waals surface area contributed by atoms with Crippen LogP contribution < -0.4 is 14.8 Å². The first-order valence-corrected chi connectivity index (χ1v) is 7.81. The Morgan fingerprint density at radius 3 is 2.48 bits per heavy atom. The minimum atomic E-state index is -3.74. The van der Waals surface area contributed by atoms with Gasteiger partial charge in [-0.05, 0) is 31.2 Å². The van der Waals surface area contributed by atoms with E-state index in [1.165, 1.54) is 29.6 Å². The van der Waals surface area contributed by atoms with Crippen molar-refractivity contribution in [3.05, 3.63) is 42.7 Å². The van der Waals surface area contributed by atoms with Crippen molar-refractivity contribution in [2.24, 2.45) is 0 Å². The van der Waals surface area contributed by atoms with E-state index in [-0.39, 0.29) is 10.6 Å². The van der Waals surface area contributed by atoms with Crippen LogP contribution in [0.15, 0.2) is 47.6 Å². The number of pyridine rings is 1. The SMILES string of the molecule is CCN(c1ccncc1)S(=O)(=O)c1ccc(N)cc1OC. The van der Waals surface area contributed by atoms with Crippen LogP contribution in [0.3, 0.4) is 0 Å². The third-order valence-electron chi connectivity index (χ3n) is 2.99. The summed E-state index contributed by atoms with van der Waals surface area (Å²) in [6, 6.07) is 7.77. The van der Waals surface area contributed by atoms with Crippen molar-refractivity contribution in [1.82, 2.24) is 4.98 Å². The van der Waals surface area contributed by atoms with E-state index in [1.54, 1.807) is 31.5 Å². The summed E-state index contributed by atoms with van der Waals surface area (Å²) in [5, 5.41) is 0. The van der Waals surface area contributed by atoms with Crippen molar-refractivity contribution in [1.29, 1.82) is 0 Å². The van der Waals surface area contributed by atoms with Crippen molar-refractivity contribution in [2.45, 2.75) is 11.8 Å². The highest BCUT2D eigenvalue weighted by molar-refractivity contribution is 7.93. The number of methoxy groups -OCH3 is 1. The molecule has 6 nitrogen and oxygen atoms in total. The topological polar surface area (TPSA) is 85.5 Å². The molecule has 0 aliphatic rings. The first-order valence-electron chi connectivity index (χ1n) is 6.37. The van der Waals surface area contributed by atoms with Gasteiger partial charge >= 0.3 is 0 Å². The predicted molar refractivity (Wildman–Crippen MR) is 81.8 cm³/mol. The van der Waals surface area contributed by atoms with Crippen LogP contribution in [-0.4, -0.2) is 27.1 Å². The number of hydrogen-bond donors (Lipinski definition) is 1. The molecule has 2 N–H and O–H groups in total. The Kier molecular flexibility index (Phi) is 4.32. The van der Waals surface area contributed by atoms with Gasteiger partial charge in [0.2, 0.25) is 0 Å². The second-order valence-corrected chi connectivity index (χ2v) is 6.12. The van der Waals surface area contributed by atoms with E-state index in [0.29, 0.717) is 17.9 Å². The van der Waals surface area contributed by atoms with Gasteiger partial charge in [-0.1, -0.05) is 0 Å². The third kappa shape index (κ3) is 2.92. The molecule has 7 heteroatoms. The number of aromatic nitrogens is 1. The monoisotopic (exact) mass is 307 g/mol. The summed E-state index contributed by atoms with van der Waals surface area (Å²) in [7, 11) is -2.33. The maximum absolute atomic E-state index is 12.8. The summed E-state index contributed by atoms with van der Waals surface area (Å²) < 4.78 is 32.1. The Balaban J connectivity index is 2.55. The van der Waals surface area contributed by atoms with Crippen LogP contribution in [0.2, 0.25) is 0 Å². The maximum Gasteiger partial charge on any atom is 0.268 e. The number of nitrogens with two attached hydrogens (primary N) is 1. The number of nitrogens with zero attached hydrogens (tertiary/aromatic N) is 2. The van der Waals surface area contributed by atoms with Gasteiger partial charge in [-0.3, -0.25) is 9.29 Å². The summed E-state index contributed by atoms with van der Waals surface area (Å²) in [5.74, 6) is 0.225. The van der Waals surface area contributed by atoms with Crippen molar-refractivity contribution in [3.63, 3.8) is 0 Å². The lowest BCUT2D eigenvalue weighted by Gasteiger charge is -2.23. The van der Waals surface area contributed by atoms with Gasteiger partial charge in [0.1, 0.15) is 10.6 Å². The van der Waals surface area contributed by atoms with Crippen LogP contribution in [0.1, 0.15) is 6.92 Å². The van der Waals surface area contributed by atoms with E-state index >= 15 is 0 Å². The van der Waals surface area contributed by atoms with E-state index in [1.807, 2.05) is 0 Å². The zero-order valence-corrected chi connectivity index (χ0v) is 12.7. The molecule has 1 aromatic carbocycles. The number of anilines is 2. The summed E-state index contributed by atoms with van der Waals surface area (Å²) in [4.78, 5) is 3.98. The lowest BCUT2D eigenvalue weighted by atomic mass is 10.3. The Bertz CT molecular complexity index is 717. The van der Waals surface area contributed by atoms with E-state index in [2.05, 4.69) is 4.98 Å². The number of nitrogen functional groups attached to an aromatic ring is 1. The molecule has 0 spiro atoms. The van der Waals surface area contributed by atoms with E-state index in [0.717, 1.165) is 0 Å². The molecule has 0 saturated heterocycles. The molecule has 0 saturated carbocycles. The molecule has 0 atom stereocenters. The number of hydrogen-bond acceptors (Lipinski definition) is 5. The van der Waals surface area contributed by atoms with Crippen molar-refractivity contribution in [3.8, 4) is 5.75 Å². The molecule has 21 heavy (non-hydrogen) atoms. The summed E-state index contributed by atoms with van der Waals surface area (Å²) in [5.41, 5.74) is 6.66. The number of sulfonamides is 1. The van der Waals surface area contributed by atoms with Crippen LogP contribution in [-0.2, 0) is 10.0 Å². The fraction of sp³-hybridized carbons (Fsp3) is 0.214. The minimum absolute atomic E-state index is 0.0814. The fourth-order valence-corrected chi connectivity index (χ4v) is 3.63. The van der Waals surface area contributed by atoms with Crippen molar-refractivity contribution < 1.29 is 13.2 Å². The van der Waals surface area contributed by atoms with Crippen LogP contribution in [0.5, 0.6) is 5.75 Å². The number of benzene rings is 1. The number of rotatable bonds is 5. The molecule has 0 unspecified atom stereocenters. The molecule has 1 aromatic heterocycles. The molecular weight excluding hydrogens is 290 g/mol. The van der Waals surface area contributed by atoms with Gasteiger partial charge in [0.15, 0.2) is 0 Å². The first-order chi connectivity index (χ1) is 10.0. The standard InChI is InChI=1S/C14H17N3O3S/c1-3-17(12-6-8-16-9-7-12)21(18,19)14-5-4-11(15)10-13(14)20-2/h4-10H,3,15H2,1-2H3. The smallest absolute Gasteiger partial charge is 0.268 e. The van der Waals surface area contributed by atoms with E-state index < -0.39 is 10.0 Å². The Hall–Kier alpha value is -2.28. The third-order valence-corrected chi connectivity index (χ3v) is 4.94. The molecule has 2 rings (SSSR count). The zero-order valence-electron chi connectivity index (χ0n) is 11.9. The molecular formula is C14H17N3O3S. The molecule has 0 aliphatic heterocycles. The van der Waals surface area contributed by atoms with Gasteiger partial charge in [0.25, 0.3) is 10.0 Å². The second-order valence-electron chi connectivity index (χ2n) is 4.29. The molecule has 2 aromatic rings. The normalized spacial score (nSPS) is 11.1. The van der Waals surface area contributed by atoms with Gasteiger partial charge in [-0.15, -0.1) is 0 Å². The molecule has 0 fully saturated rings. The van der Waals surface area contributed by atoms with Gasteiger partial charge in [-0.25, -0.2) is 8.42 Å². The summed E-state index contributed by atoms with van der Waals surface area (Å²) in [6.45, 7) is 2.06. The first kappa shape index (κ1) is 15.1. The molecule has 112 valence electrons. The van der Waals surface area contributed by atoms with Crippen LogP contribution in [0, 0.1) is 0 Å². The molecule has 0 radical (unpaired) electrons. The van der Waals surface area contributed by atoms with E-state index in [4.69, 9.17) is 10.5 Å². The highest BCUT2D eigenvalue weighted by atomic mass is 32.2. The Morgan fingerprint density at radius 1 is 1.24 bits per heavy atom. The molecule has 0 aliphatic carbocycles. The fourth-order valence-electron chi connectivity index (χ4n) is 2.02. The lowest BCUT2D eigenvalue weighted by Crippen LogP contribution is -2.31. The summed E-state index contributed by atoms with van der Waals surface area (Å²) >= 11 is 0. The van der Waals surface area contributed by atoms with Crippen LogP contribution >= 0.6 is 0 Å². The highest BCUT2D eigenvalue weighted by Gasteiger charge is 2.27. The minimum Gasteiger partial charge on any atom is -0.495 e. The highest BCUT2D eigenvalue weighted by Crippen LogP contribution is 2.31. The molecule has 1 heterocycles. The van der Waals surface area contributed by atoms with Crippen LogP contribution in [0.4, 0.5) is 11.4 Å². The molecule has 0 amide bonds. The van der Waals surface area contributed by atoms with Gasteiger partial charge in [0.05, 0.1) is 12.8 Å². The number of ether oxygens (including phenoxy) is 1. The predicted octanol–water partition coefficient (Wildman–Crippen LogP) is 1.89. The van der Waals surface area contributed by atoms with Crippen molar-refractivity contribution in [2.75, 3.05) is 23.7 Å². The Morgan fingerprint density at radius 2 is 1.90 bits per heavy atom.